The molecule has 0 atom stereocenters. The van der Waals surface area contributed by atoms with Crippen molar-refractivity contribution in [1.82, 2.24) is 15.0 Å². The Morgan fingerprint density at radius 3 is 3.14 bits per heavy atom. The molecule has 0 bridgehead atoms. The van der Waals surface area contributed by atoms with Gasteiger partial charge in [0.1, 0.15) is 0 Å². The second-order valence-corrected chi connectivity index (χ2v) is 4.54. The van der Waals surface area contributed by atoms with Crippen molar-refractivity contribution in [2.75, 3.05) is 5.43 Å². The Bertz CT molecular complexity index is 382. The van der Waals surface area contributed by atoms with E-state index in [-0.39, 0.29) is 0 Å². The Hall–Kier alpha value is -1.05. The number of nitrogens with two attached hydrogens (primary N) is 1. The second kappa shape index (κ2) is 4.45. The summed E-state index contributed by atoms with van der Waals surface area (Å²) in [5.41, 5.74) is 2.52. The highest BCUT2D eigenvalue weighted by atomic mass is 32.2. The standard InChI is InChI=1S/C7H9N5S2/c8-12-7-11-3-5(14-7)4-13-6-9-1-2-10-6/h1-3H,4,8H2,(H,9,10)(H,11,12). The summed E-state index contributed by atoms with van der Waals surface area (Å²) in [5, 5.41) is 1.65. The lowest BCUT2D eigenvalue weighted by Crippen LogP contribution is -2.05. The summed E-state index contributed by atoms with van der Waals surface area (Å²) in [6.45, 7) is 0. The van der Waals surface area contributed by atoms with Crippen LogP contribution in [0.4, 0.5) is 5.13 Å². The van der Waals surface area contributed by atoms with Crippen LogP contribution in [-0.4, -0.2) is 15.0 Å². The number of nitrogen functional groups attached to an aromatic ring is 1. The molecule has 2 aromatic heterocycles. The maximum atomic E-state index is 5.23. The minimum absolute atomic E-state index is 0.736. The first kappa shape index (κ1) is 9.50. The topological polar surface area (TPSA) is 79.6 Å². The molecular weight excluding hydrogens is 218 g/mol. The third kappa shape index (κ3) is 2.25. The third-order valence-corrected chi connectivity index (χ3v) is 3.56. The number of imidazole rings is 1. The van der Waals surface area contributed by atoms with Gasteiger partial charge in [-0.2, -0.15) is 0 Å². The Morgan fingerprint density at radius 1 is 1.57 bits per heavy atom. The summed E-state index contributed by atoms with van der Waals surface area (Å²) >= 11 is 3.18. The number of hydrogen-bond acceptors (Lipinski definition) is 6. The van der Waals surface area contributed by atoms with Crippen molar-refractivity contribution >= 4 is 28.2 Å². The fourth-order valence-electron chi connectivity index (χ4n) is 0.910. The van der Waals surface area contributed by atoms with Gasteiger partial charge in [0.25, 0.3) is 0 Å². The minimum atomic E-state index is 0.736. The van der Waals surface area contributed by atoms with Crippen LogP contribution in [0.25, 0.3) is 0 Å². The van der Waals surface area contributed by atoms with Gasteiger partial charge < -0.3 is 4.98 Å². The van der Waals surface area contributed by atoms with Crippen LogP contribution < -0.4 is 11.3 Å². The Balaban J connectivity index is 1.92. The van der Waals surface area contributed by atoms with E-state index in [1.807, 2.05) is 12.4 Å². The fourth-order valence-corrected chi connectivity index (χ4v) is 2.48. The molecule has 7 heteroatoms. The first-order valence-corrected chi connectivity index (χ1v) is 5.72. The van der Waals surface area contributed by atoms with Crippen LogP contribution in [0, 0.1) is 0 Å². The maximum Gasteiger partial charge on any atom is 0.197 e. The van der Waals surface area contributed by atoms with E-state index in [9.17, 15) is 0 Å². The van der Waals surface area contributed by atoms with Crippen molar-refractivity contribution in [2.24, 2.45) is 5.84 Å². The number of nitrogens with one attached hydrogen (secondary N) is 2. The molecule has 0 radical (unpaired) electrons. The van der Waals surface area contributed by atoms with Gasteiger partial charge in [0, 0.05) is 29.2 Å². The summed E-state index contributed by atoms with van der Waals surface area (Å²) in [7, 11) is 0. The Morgan fingerprint density at radius 2 is 2.50 bits per heavy atom. The third-order valence-electron chi connectivity index (χ3n) is 1.50. The molecule has 0 saturated carbocycles. The van der Waals surface area contributed by atoms with Gasteiger partial charge in [0.05, 0.1) is 0 Å². The first-order chi connectivity index (χ1) is 6.88. The van der Waals surface area contributed by atoms with Gasteiger partial charge in [-0.1, -0.05) is 11.8 Å². The Labute approximate surface area is 89.1 Å². The molecule has 0 aliphatic heterocycles. The van der Waals surface area contributed by atoms with E-state index in [1.54, 1.807) is 29.3 Å². The van der Waals surface area contributed by atoms with Gasteiger partial charge in [-0.15, -0.1) is 11.3 Å². The van der Waals surface area contributed by atoms with Crippen LogP contribution in [0.1, 0.15) is 4.88 Å². The summed E-state index contributed by atoms with van der Waals surface area (Å²) in [6.07, 6.45) is 5.36. The van der Waals surface area contributed by atoms with Crippen molar-refractivity contribution < 1.29 is 0 Å². The van der Waals surface area contributed by atoms with Crippen LogP contribution in [-0.2, 0) is 5.75 Å². The molecule has 4 N–H and O–H groups in total. The molecular formula is C7H9N5S2. The number of thioether (sulfide) groups is 1. The van der Waals surface area contributed by atoms with E-state index >= 15 is 0 Å². The lowest BCUT2D eigenvalue weighted by Gasteiger charge is -1.92. The summed E-state index contributed by atoms with van der Waals surface area (Å²) in [6, 6.07) is 0. The molecule has 0 saturated heterocycles. The predicted molar refractivity (Wildman–Crippen MR) is 58.1 cm³/mol. The van der Waals surface area contributed by atoms with E-state index in [4.69, 9.17) is 5.84 Å². The molecule has 5 nitrogen and oxygen atoms in total. The number of H-pyrrole nitrogens is 1. The lowest BCUT2D eigenvalue weighted by atomic mass is 10.6. The normalized spacial score (nSPS) is 10.4. The van der Waals surface area contributed by atoms with Gasteiger partial charge in [0.2, 0.25) is 0 Å². The Kier molecular flexibility index (Phi) is 3.02. The van der Waals surface area contributed by atoms with E-state index in [2.05, 4.69) is 20.4 Å². The maximum absolute atomic E-state index is 5.23. The first-order valence-electron chi connectivity index (χ1n) is 3.92. The fraction of sp³-hybridized carbons (Fsp3) is 0.143. The molecule has 2 aromatic rings. The number of hydrazine groups is 1. The molecule has 0 aliphatic rings. The van der Waals surface area contributed by atoms with E-state index in [0.29, 0.717) is 0 Å². The molecule has 2 heterocycles. The van der Waals surface area contributed by atoms with Crippen LogP contribution in [0.15, 0.2) is 23.7 Å². The largest absolute Gasteiger partial charge is 0.340 e. The molecule has 2 rings (SSSR count). The SMILES string of the molecule is NNc1ncc(CSc2ncc[nH]2)s1. The van der Waals surface area contributed by atoms with Crippen molar-refractivity contribution in [3.05, 3.63) is 23.5 Å². The minimum Gasteiger partial charge on any atom is -0.340 e. The zero-order valence-corrected chi connectivity index (χ0v) is 8.86. The average molecular weight is 227 g/mol. The van der Waals surface area contributed by atoms with Crippen molar-refractivity contribution in [1.29, 1.82) is 0 Å². The van der Waals surface area contributed by atoms with Crippen LogP contribution >= 0.6 is 23.1 Å². The van der Waals surface area contributed by atoms with Gasteiger partial charge in [-0.25, -0.2) is 15.8 Å². The molecule has 0 fully saturated rings. The second-order valence-electron chi connectivity index (χ2n) is 2.46. The molecule has 14 heavy (non-hydrogen) atoms. The van der Waals surface area contributed by atoms with E-state index < -0.39 is 0 Å². The van der Waals surface area contributed by atoms with Crippen LogP contribution in [0.5, 0.6) is 0 Å². The quantitative estimate of drug-likeness (QED) is 0.418. The van der Waals surface area contributed by atoms with E-state index in [1.165, 1.54) is 4.88 Å². The van der Waals surface area contributed by atoms with Crippen molar-refractivity contribution in [3.63, 3.8) is 0 Å². The van der Waals surface area contributed by atoms with Gasteiger partial charge in [-0.3, -0.25) is 5.43 Å². The molecule has 0 spiro atoms. The van der Waals surface area contributed by atoms with Gasteiger partial charge in [0.15, 0.2) is 10.3 Å². The molecule has 0 unspecified atom stereocenters. The zero-order valence-electron chi connectivity index (χ0n) is 7.23. The monoisotopic (exact) mass is 227 g/mol. The number of aromatic nitrogens is 3. The van der Waals surface area contributed by atoms with Crippen LogP contribution in [0.2, 0.25) is 0 Å². The summed E-state index contributed by atoms with van der Waals surface area (Å²) < 4.78 is 0. The number of anilines is 1. The van der Waals surface area contributed by atoms with Crippen LogP contribution in [0.3, 0.4) is 0 Å². The molecule has 0 aliphatic carbocycles. The lowest BCUT2D eigenvalue weighted by molar-refractivity contribution is 1.06. The smallest absolute Gasteiger partial charge is 0.197 e. The highest BCUT2D eigenvalue weighted by molar-refractivity contribution is 7.98. The highest BCUT2D eigenvalue weighted by Gasteiger charge is 2.02. The number of hydrogen-bond donors (Lipinski definition) is 3. The highest BCUT2D eigenvalue weighted by Crippen LogP contribution is 2.24. The summed E-state index contributed by atoms with van der Waals surface area (Å²) in [4.78, 5) is 12.4. The number of aromatic amines is 1. The van der Waals surface area contributed by atoms with Crippen molar-refractivity contribution in [3.8, 4) is 0 Å². The predicted octanol–water partition coefficient (Wildman–Crippen LogP) is 1.44. The molecule has 0 aromatic carbocycles. The number of thiazole rings is 1. The van der Waals surface area contributed by atoms with Gasteiger partial charge in [-0.05, 0) is 0 Å². The summed E-state index contributed by atoms with van der Waals surface area (Å²) in [5.74, 6) is 6.08. The average Bonchev–Trinajstić information content (AvgIpc) is 2.86. The molecule has 74 valence electrons. The molecule has 0 amide bonds. The number of nitrogens with zero attached hydrogens (tertiary/aromatic N) is 2. The van der Waals surface area contributed by atoms with Crippen molar-refractivity contribution in [2.45, 2.75) is 10.9 Å². The van der Waals surface area contributed by atoms with E-state index in [0.717, 1.165) is 16.0 Å². The zero-order chi connectivity index (χ0) is 9.80. The number of rotatable bonds is 4. The van der Waals surface area contributed by atoms with Gasteiger partial charge >= 0.3 is 0 Å².